The fourth-order valence-electron chi connectivity index (χ4n) is 1.12. The molecular formula is C9H8BrN3O. The van der Waals surface area contributed by atoms with Gasteiger partial charge in [0.2, 0.25) is 0 Å². The van der Waals surface area contributed by atoms with Gasteiger partial charge in [0.15, 0.2) is 0 Å². The van der Waals surface area contributed by atoms with E-state index in [1.807, 2.05) is 12.1 Å². The second kappa shape index (κ2) is 3.34. The third-order valence-electron chi connectivity index (χ3n) is 1.81. The van der Waals surface area contributed by atoms with Crippen LogP contribution in [0, 0.1) is 0 Å². The summed E-state index contributed by atoms with van der Waals surface area (Å²) < 4.78 is 5.76. The molecule has 0 aliphatic carbocycles. The lowest BCUT2D eigenvalue weighted by molar-refractivity contribution is 0.581. The summed E-state index contributed by atoms with van der Waals surface area (Å²) in [6, 6.07) is 5.70. The number of benzene rings is 1. The molecule has 0 saturated heterocycles. The molecule has 4 nitrogen and oxygen atoms in total. The Hall–Kier alpha value is -1.49. The first-order valence-corrected chi connectivity index (χ1v) is 4.72. The number of rotatable bonds is 1. The van der Waals surface area contributed by atoms with Crippen molar-refractivity contribution in [2.45, 2.75) is 0 Å². The summed E-state index contributed by atoms with van der Waals surface area (Å²) in [7, 11) is 0. The Morgan fingerprint density at radius 3 is 2.64 bits per heavy atom. The molecule has 0 saturated carbocycles. The summed E-state index contributed by atoms with van der Waals surface area (Å²) in [5.41, 5.74) is 13.3. The number of halogens is 1. The number of hydrogen-bond donors (Lipinski definition) is 2. The fraction of sp³-hybridized carbons (Fsp3) is 0. The Kier molecular flexibility index (Phi) is 2.17. The van der Waals surface area contributed by atoms with Crippen molar-refractivity contribution in [2.75, 3.05) is 11.5 Å². The molecule has 1 aromatic heterocycles. The molecule has 0 spiro atoms. The summed E-state index contributed by atoms with van der Waals surface area (Å²) in [4.78, 5) is 3.99. The van der Waals surface area contributed by atoms with Crippen molar-refractivity contribution >= 4 is 27.6 Å². The van der Waals surface area contributed by atoms with Crippen molar-refractivity contribution in [1.29, 1.82) is 0 Å². The summed E-state index contributed by atoms with van der Waals surface area (Å²) in [5, 5.41) is 0. The van der Waals surface area contributed by atoms with Crippen LogP contribution in [0.25, 0.3) is 11.3 Å². The first kappa shape index (κ1) is 9.08. The summed E-state index contributed by atoms with van der Waals surface area (Å²) >= 11 is 3.31. The van der Waals surface area contributed by atoms with Crippen LogP contribution in [0.15, 0.2) is 33.4 Å². The molecule has 0 aliphatic heterocycles. The van der Waals surface area contributed by atoms with E-state index in [-0.39, 0.29) is 6.01 Å². The quantitative estimate of drug-likeness (QED) is 0.765. The zero-order valence-corrected chi connectivity index (χ0v) is 8.78. The molecule has 1 heterocycles. The van der Waals surface area contributed by atoms with Gasteiger partial charge in [0.05, 0.1) is 0 Å². The first-order chi connectivity index (χ1) is 6.66. The highest BCUT2D eigenvalue weighted by molar-refractivity contribution is 9.10. The average molecular weight is 254 g/mol. The second-order valence-electron chi connectivity index (χ2n) is 2.81. The molecule has 1 aromatic carbocycles. The lowest BCUT2D eigenvalue weighted by Gasteiger charge is -2.00. The Bertz CT molecular complexity index is 467. The van der Waals surface area contributed by atoms with E-state index in [1.165, 1.54) is 6.26 Å². The molecule has 5 heteroatoms. The van der Waals surface area contributed by atoms with Crippen molar-refractivity contribution in [3.05, 3.63) is 28.9 Å². The van der Waals surface area contributed by atoms with Crippen molar-refractivity contribution in [1.82, 2.24) is 4.98 Å². The van der Waals surface area contributed by atoms with Crippen molar-refractivity contribution < 1.29 is 4.42 Å². The molecule has 0 aliphatic rings. The maximum Gasteiger partial charge on any atom is 0.292 e. The minimum Gasteiger partial charge on any atom is -0.432 e. The Balaban J connectivity index is 2.47. The van der Waals surface area contributed by atoms with Crippen LogP contribution in [0.3, 0.4) is 0 Å². The maximum absolute atomic E-state index is 5.73. The van der Waals surface area contributed by atoms with Crippen LogP contribution >= 0.6 is 15.9 Å². The van der Waals surface area contributed by atoms with Gasteiger partial charge in [-0.1, -0.05) is 6.07 Å². The lowest BCUT2D eigenvalue weighted by atomic mass is 10.1. The molecule has 0 bridgehead atoms. The summed E-state index contributed by atoms with van der Waals surface area (Å²) in [6.07, 6.45) is 1.50. The van der Waals surface area contributed by atoms with E-state index in [4.69, 9.17) is 15.9 Å². The predicted octanol–water partition coefficient (Wildman–Crippen LogP) is 2.27. The highest BCUT2D eigenvalue weighted by atomic mass is 79.9. The minimum absolute atomic E-state index is 0.154. The molecule has 2 aromatic rings. The van der Waals surface area contributed by atoms with Gasteiger partial charge in [-0.15, -0.1) is 0 Å². The number of nitrogens with two attached hydrogens (primary N) is 2. The zero-order chi connectivity index (χ0) is 10.1. The number of oxazole rings is 1. The number of nitrogens with zero attached hydrogens (tertiary/aromatic N) is 1. The van der Waals surface area contributed by atoms with Crippen LogP contribution in [0.1, 0.15) is 0 Å². The summed E-state index contributed by atoms with van der Waals surface area (Å²) in [5.74, 6) is 0. The molecule has 0 atom stereocenters. The highest BCUT2D eigenvalue weighted by Gasteiger charge is 2.05. The minimum atomic E-state index is 0.154. The van der Waals surface area contributed by atoms with E-state index < -0.39 is 0 Å². The molecule has 0 amide bonds. The first-order valence-electron chi connectivity index (χ1n) is 3.93. The van der Waals surface area contributed by atoms with Crippen LogP contribution in [0.5, 0.6) is 0 Å². The molecular weight excluding hydrogens is 246 g/mol. The van der Waals surface area contributed by atoms with E-state index in [0.717, 1.165) is 10.0 Å². The Labute approximate surface area is 89.0 Å². The molecule has 72 valence electrons. The largest absolute Gasteiger partial charge is 0.432 e. The molecule has 0 unspecified atom stereocenters. The van der Waals surface area contributed by atoms with Gasteiger partial charge in [0, 0.05) is 15.7 Å². The van der Waals surface area contributed by atoms with Gasteiger partial charge in [0.25, 0.3) is 6.01 Å². The monoisotopic (exact) mass is 253 g/mol. The van der Waals surface area contributed by atoms with Gasteiger partial charge in [-0.3, -0.25) is 0 Å². The average Bonchev–Trinajstić information content (AvgIpc) is 2.57. The highest BCUT2D eigenvalue weighted by Crippen LogP contribution is 2.26. The van der Waals surface area contributed by atoms with Crippen LogP contribution in [-0.2, 0) is 0 Å². The van der Waals surface area contributed by atoms with Gasteiger partial charge in [-0.05, 0) is 28.1 Å². The van der Waals surface area contributed by atoms with Crippen molar-refractivity contribution in [2.24, 2.45) is 0 Å². The normalized spacial score (nSPS) is 10.4. The number of nitrogen functional groups attached to an aromatic ring is 2. The van der Waals surface area contributed by atoms with Crippen LogP contribution in [0.2, 0.25) is 0 Å². The Morgan fingerprint density at radius 1 is 1.29 bits per heavy atom. The molecule has 4 N–H and O–H groups in total. The van der Waals surface area contributed by atoms with Gasteiger partial charge in [-0.2, -0.15) is 4.98 Å². The number of anilines is 2. The molecule has 2 rings (SSSR count). The number of hydrogen-bond acceptors (Lipinski definition) is 4. The van der Waals surface area contributed by atoms with E-state index in [2.05, 4.69) is 20.9 Å². The second-order valence-corrected chi connectivity index (χ2v) is 3.66. The van der Waals surface area contributed by atoms with E-state index >= 15 is 0 Å². The van der Waals surface area contributed by atoms with Crippen LogP contribution in [0.4, 0.5) is 11.7 Å². The van der Waals surface area contributed by atoms with E-state index in [9.17, 15) is 0 Å². The smallest absolute Gasteiger partial charge is 0.292 e. The topological polar surface area (TPSA) is 78.1 Å². The standard InChI is InChI=1S/C9H8BrN3O/c10-6-2-1-5(3-7(6)11)8-4-14-9(12)13-8/h1-4H,11H2,(H2,12,13). The zero-order valence-electron chi connectivity index (χ0n) is 7.20. The SMILES string of the molecule is Nc1nc(-c2ccc(Br)c(N)c2)co1. The maximum atomic E-state index is 5.73. The third kappa shape index (κ3) is 1.58. The van der Waals surface area contributed by atoms with Gasteiger partial charge < -0.3 is 15.9 Å². The van der Waals surface area contributed by atoms with Crippen molar-refractivity contribution in [3.8, 4) is 11.3 Å². The van der Waals surface area contributed by atoms with E-state index in [1.54, 1.807) is 6.07 Å². The molecule has 0 fully saturated rings. The summed E-state index contributed by atoms with van der Waals surface area (Å²) in [6.45, 7) is 0. The fourth-order valence-corrected chi connectivity index (χ4v) is 1.37. The molecule has 14 heavy (non-hydrogen) atoms. The van der Waals surface area contributed by atoms with E-state index in [0.29, 0.717) is 11.4 Å². The van der Waals surface area contributed by atoms with Crippen LogP contribution < -0.4 is 11.5 Å². The lowest BCUT2D eigenvalue weighted by Crippen LogP contribution is -1.88. The van der Waals surface area contributed by atoms with Gasteiger partial charge in [-0.25, -0.2) is 0 Å². The number of aromatic nitrogens is 1. The van der Waals surface area contributed by atoms with Gasteiger partial charge in [0.1, 0.15) is 12.0 Å². The Morgan fingerprint density at radius 2 is 2.07 bits per heavy atom. The van der Waals surface area contributed by atoms with Crippen molar-refractivity contribution in [3.63, 3.8) is 0 Å². The van der Waals surface area contributed by atoms with Gasteiger partial charge >= 0.3 is 0 Å². The molecule has 0 radical (unpaired) electrons. The predicted molar refractivity (Wildman–Crippen MR) is 58.5 cm³/mol. The van der Waals surface area contributed by atoms with Crippen LogP contribution in [-0.4, -0.2) is 4.98 Å². The third-order valence-corrected chi connectivity index (χ3v) is 2.54.